The van der Waals surface area contributed by atoms with Crippen molar-refractivity contribution in [1.82, 2.24) is 10.9 Å². The lowest BCUT2D eigenvalue weighted by atomic mass is 10.1. The molecule has 0 aromatic heterocycles. The molecule has 0 saturated carbocycles. The number of rotatable bonds is 6. The maximum atomic E-state index is 12.5. The summed E-state index contributed by atoms with van der Waals surface area (Å²) in [4.78, 5) is 38.8. The third-order valence-corrected chi connectivity index (χ3v) is 4.79. The Balaban J connectivity index is 1.64. The second-order valence-corrected chi connectivity index (χ2v) is 6.60. The van der Waals surface area contributed by atoms with Gasteiger partial charge in [-0.25, -0.2) is 0 Å². The maximum Gasteiger partial charge on any atom is 0.269 e. The zero-order valence-electron chi connectivity index (χ0n) is 16.9. The minimum absolute atomic E-state index is 0.0702. The molecule has 9 heteroatoms. The molecule has 3 amide bonds. The SMILES string of the molecule is COc1cc(C(=O)NNC(=O)C2CC(=O)N(c3ccccc3)C2)cc(OC)c1OC. The predicted octanol–water partition coefficient (Wildman–Crippen LogP) is 1.53. The fourth-order valence-electron chi connectivity index (χ4n) is 3.25. The van der Waals surface area contributed by atoms with Gasteiger partial charge in [-0.3, -0.25) is 25.2 Å². The van der Waals surface area contributed by atoms with E-state index in [1.165, 1.54) is 33.5 Å². The summed E-state index contributed by atoms with van der Waals surface area (Å²) >= 11 is 0. The molecular formula is C21H23N3O6. The molecule has 1 unspecified atom stereocenters. The van der Waals surface area contributed by atoms with Crippen molar-refractivity contribution in [2.45, 2.75) is 6.42 Å². The van der Waals surface area contributed by atoms with Crippen LogP contribution in [-0.4, -0.2) is 45.6 Å². The van der Waals surface area contributed by atoms with E-state index in [1.54, 1.807) is 4.90 Å². The molecule has 2 N–H and O–H groups in total. The smallest absolute Gasteiger partial charge is 0.269 e. The van der Waals surface area contributed by atoms with Gasteiger partial charge in [-0.15, -0.1) is 0 Å². The summed E-state index contributed by atoms with van der Waals surface area (Å²) in [5.41, 5.74) is 5.70. The molecule has 9 nitrogen and oxygen atoms in total. The summed E-state index contributed by atoms with van der Waals surface area (Å²) in [6.45, 7) is 0.245. The van der Waals surface area contributed by atoms with Gasteiger partial charge in [0.1, 0.15) is 0 Å². The highest BCUT2D eigenvalue weighted by molar-refractivity contribution is 6.01. The average Bonchev–Trinajstić information content (AvgIpc) is 3.18. The molecule has 0 radical (unpaired) electrons. The zero-order chi connectivity index (χ0) is 21.7. The van der Waals surface area contributed by atoms with Gasteiger partial charge in [-0.1, -0.05) is 18.2 Å². The van der Waals surface area contributed by atoms with Crippen LogP contribution in [-0.2, 0) is 9.59 Å². The Morgan fingerprint density at radius 1 is 0.967 bits per heavy atom. The van der Waals surface area contributed by atoms with Gasteiger partial charge in [0, 0.05) is 24.2 Å². The van der Waals surface area contributed by atoms with Gasteiger partial charge in [-0.05, 0) is 24.3 Å². The van der Waals surface area contributed by atoms with Crippen LogP contribution in [0.3, 0.4) is 0 Å². The first-order valence-electron chi connectivity index (χ1n) is 9.24. The van der Waals surface area contributed by atoms with Crippen molar-refractivity contribution in [3.8, 4) is 17.2 Å². The van der Waals surface area contributed by atoms with E-state index >= 15 is 0 Å². The lowest BCUT2D eigenvalue weighted by Gasteiger charge is -2.17. The number of carbonyl (C=O) groups excluding carboxylic acids is 3. The van der Waals surface area contributed by atoms with Crippen molar-refractivity contribution < 1.29 is 28.6 Å². The van der Waals surface area contributed by atoms with Crippen LogP contribution in [0.25, 0.3) is 0 Å². The molecule has 158 valence electrons. The highest BCUT2D eigenvalue weighted by Crippen LogP contribution is 2.38. The number of methoxy groups -OCH3 is 3. The van der Waals surface area contributed by atoms with Gasteiger partial charge in [0.2, 0.25) is 17.6 Å². The number of hydrogen-bond acceptors (Lipinski definition) is 6. The van der Waals surface area contributed by atoms with Crippen LogP contribution in [0.4, 0.5) is 5.69 Å². The van der Waals surface area contributed by atoms with E-state index in [4.69, 9.17) is 14.2 Å². The van der Waals surface area contributed by atoms with Crippen LogP contribution in [0.2, 0.25) is 0 Å². The quantitative estimate of drug-likeness (QED) is 0.696. The van der Waals surface area contributed by atoms with E-state index in [0.29, 0.717) is 17.2 Å². The van der Waals surface area contributed by atoms with Crippen molar-refractivity contribution in [3.63, 3.8) is 0 Å². The molecule has 1 saturated heterocycles. The Morgan fingerprint density at radius 3 is 2.17 bits per heavy atom. The largest absolute Gasteiger partial charge is 0.493 e. The predicted molar refractivity (Wildman–Crippen MR) is 109 cm³/mol. The van der Waals surface area contributed by atoms with E-state index in [0.717, 1.165) is 5.69 Å². The summed E-state index contributed by atoms with van der Waals surface area (Å²) in [5.74, 6) is -0.739. The first-order chi connectivity index (χ1) is 14.5. The lowest BCUT2D eigenvalue weighted by molar-refractivity contribution is -0.126. The number of nitrogens with one attached hydrogen (secondary N) is 2. The van der Waals surface area contributed by atoms with Crippen LogP contribution >= 0.6 is 0 Å². The number of carbonyl (C=O) groups is 3. The molecule has 2 aromatic carbocycles. The summed E-state index contributed by atoms with van der Waals surface area (Å²) in [6, 6.07) is 12.1. The Morgan fingerprint density at radius 2 is 1.60 bits per heavy atom. The highest BCUT2D eigenvalue weighted by atomic mass is 16.5. The normalized spacial score (nSPS) is 15.5. The summed E-state index contributed by atoms with van der Waals surface area (Å²) in [5, 5.41) is 0. The van der Waals surface area contributed by atoms with Crippen LogP contribution in [0.15, 0.2) is 42.5 Å². The second kappa shape index (κ2) is 9.17. The average molecular weight is 413 g/mol. The first kappa shape index (κ1) is 21.0. The summed E-state index contributed by atoms with van der Waals surface area (Å²) in [7, 11) is 4.34. The fourth-order valence-corrected chi connectivity index (χ4v) is 3.25. The minimum Gasteiger partial charge on any atom is -0.493 e. The van der Waals surface area contributed by atoms with Gasteiger partial charge in [0.05, 0.1) is 27.2 Å². The van der Waals surface area contributed by atoms with E-state index < -0.39 is 17.7 Å². The molecule has 1 aliphatic heterocycles. The van der Waals surface area contributed by atoms with Gasteiger partial charge >= 0.3 is 0 Å². The van der Waals surface area contributed by atoms with Crippen molar-refractivity contribution in [2.24, 2.45) is 5.92 Å². The highest BCUT2D eigenvalue weighted by Gasteiger charge is 2.35. The Hall–Kier alpha value is -3.75. The molecule has 1 aliphatic rings. The molecule has 1 atom stereocenters. The number of amides is 3. The van der Waals surface area contributed by atoms with E-state index in [9.17, 15) is 14.4 Å². The van der Waals surface area contributed by atoms with Crippen molar-refractivity contribution >= 4 is 23.4 Å². The van der Waals surface area contributed by atoms with E-state index in [-0.39, 0.29) is 24.4 Å². The number of nitrogens with zero attached hydrogens (tertiary/aromatic N) is 1. The first-order valence-corrected chi connectivity index (χ1v) is 9.24. The molecule has 2 aromatic rings. The second-order valence-electron chi connectivity index (χ2n) is 6.60. The van der Waals surface area contributed by atoms with Gasteiger partial charge in [0.15, 0.2) is 11.5 Å². The summed E-state index contributed by atoms with van der Waals surface area (Å²) in [6.07, 6.45) is 0.0702. The van der Waals surface area contributed by atoms with Crippen LogP contribution < -0.4 is 30.0 Å². The van der Waals surface area contributed by atoms with Gasteiger partial charge in [-0.2, -0.15) is 0 Å². The fraction of sp³-hybridized carbons (Fsp3) is 0.286. The zero-order valence-corrected chi connectivity index (χ0v) is 16.9. The molecule has 30 heavy (non-hydrogen) atoms. The number of ether oxygens (including phenoxy) is 3. The molecule has 0 spiro atoms. The molecule has 0 bridgehead atoms. The summed E-state index contributed by atoms with van der Waals surface area (Å²) < 4.78 is 15.7. The molecule has 3 rings (SSSR count). The number of benzene rings is 2. The van der Waals surface area contributed by atoms with Crippen LogP contribution in [0.5, 0.6) is 17.2 Å². The van der Waals surface area contributed by atoms with Crippen molar-refractivity contribution in [1.29, 1.82) is 0 Å². The maximum absolute atomic E-state index is 12.5. The Labute approximate surface area is 173 Å². The third kappa shape index (κ3) is 4.29. The molecule has 1 heterocycles. The van der Waals surface area contributed by atoms with E-state index in [1.807, 2.05) is 30.3 Å². The topological polar surface area (TPSA) is 106 Å². The Kier molecular flexibility index (Phi) is 6.41. The third-order valence-electron chi connectivity index (χ3n) is 4.79. The van der Waals surface area contributed by atoms with Gasteiger partial charge < -0.3 is 19.1 Å². The standard InChI is InChI=1S/C21H23N3O6/c1-28-16-9-13(10-17(29-2)19(16)30-3)20(26)22-23-21(27)14-11-18(25)24(12-14)15-7-5-4-6-8-15/h4-10,14H,11-12H2,1-3H3,(H,22,26)(H,23,27). The van der Waals surface area contributed by atoms with E-state index in [2.05, 4.69) is 10.9 Å². The number of hydrazine groups is 1. The number of hydrogen-bond donors (Lipinski definition) is 2. The minimum atomic E-state index is -0.571. The Bertz CT molecular complexity index is 922. The van der Waals surface area contributed by atoms with Crippen molar-refractivity contribution in [3.05, 3.63) is 48.0 Å². The molecular weight excluding hydrogens is 390 g/mol. The number of para-hydroxylation sites is 1. The van der Waals surface area contributed by atoms with Crippen LogP contribution in [0, 0.1) is 5.92 Å². The lowest BCUT2D eigenvalue weighted by Crippen LogP contribution is -2.45. The molecule has 0 aliphatic carbocycles. The molecule has 1 fully saturated rings. The monoisotopic (exact) mass is 413 g/mol. The van der Waals surface area contributed by atoms with Crippen LogP contribution in [0.1, 0.15) is 16.8 Å². The van der Waals surface area contributed by atoms with Crippen molar-refractivity contribution in [2.75, 3.05) is 32.8 Å². The van der Waals surface area contributed by atoms with Gasteiger partial charge in [0.25, 0.3) is 5.91 Å². The number of anilines is 1.